The van der Waals surface area contributed by atoms with E-state index < -0.39 is 31.3 Å². The van der Waals surface area contributed by atoms with Crippen LogP contribution in [0.1, 0.15) is 62.8 Å². The molecule has 0 aromatic heterocycles. The maximum Gasteiger partial charge on any atom is 0.126 e. The Kier molecular flexibility index (Phi) is 8.28. The van der Waals surface area contributed by atoms with Crippen LogP contribution in [0.2, 0.25) is 13.1 Å². The minimum atomic E-state index is -2.62. The minimum absolute atomic E-state index is 0.317. The first kappa shape index (κ1) is 31.3. The molecule has 0 amide bonds. The van der Waals surface area contributed by atoms with E-state index in [4.69, 9.17) is 0 Å². The van der Waals surface area contributed by atoms with Gasteiger partial charge in [-0.25, -0.2) is 17.6 Å². The van der Waals surface area contributed by atoms with Gasteiger partial charge in [0.25, 0.3) is 0 Å². The average molecular weight is 625 g/mol. The van der Waals surface area contributed by atoms with Crippen LogP contribution in [0.3, 0.4) is 0 Å². The van der Waals surface area contributed by atoms with Gasteiger partial charge in [0.05, 0.1) is 0 Å². The SMILES string of the molecule is CCC(C)C1=C([Si](C)(C)C2=C(C(C)CC)Cc3cccc(-c4cc(F)cc(F)c4)c32)c2c(cccc2-c2cc(F)cc(F)c2)C1. The van der Waals surface area contributed by atoms with Gasteiger partial charge in [-0.05, 0) is 117 Å². The van der Waals surface area contributed by atoms with Gasteiger partial charge < -0.3 is 0 Å². The lowest BCUT2D eigenvalue weighted by atomic mass is 9.96. The van der Waals surface area contributed by atoms with E-state index >= 15 is 0 Å². The highest BCUT2D eigenvalue weighted by molar-refractivity contribution is 7.09. The summed E-state index contributed by atoms with van der Waals surface area (Å²) in [6.07, 6.45) is 3.56. The van der Waals surface area contributed by atoms with Gasteiger partial charge in [-0.15, -0.1) is 0 Å². The molecular weight excluding hydrogens is 585 g/mol. The second-order valence-electron chi connectivity index (χ2n) is 13.4. The molecule has 0 saturated heterocycles. The van der Waals surface area contributed by atoms with Crippen molar-refractivity contribution in [3.8, 4) is 22.3 Å². The van der Waals surface area contributed by atoms with Crippen molar-refractivity contribution in [3.05, 3.63) is 129 Å². The molecule has 0 fully saturated rings. The summed E-state index contributed by atoms with van der Waals surface area (Å²) in [6, 6.07) is 19.8. The summed E-state index contributed by atoms with van der Waals surface area (Å²) in [6.45, 7) is 13.8. The first-order valence-electron chi connectivity index (χ1n) is 16.1. The Balaban J connectivity index is 1.66. The van der Waals surface area contributed by atoms with Gasteiger partial charge in [-0.1, -0.05) is 88.3 Å². The third-order valence-corrected chi connectivity index (χ3v) is 13.9. The van der Waals surface area contributed by atoms with Gasteiger partial charge in [0.1, 0.15) is 31.3 Å². The third kappa shape index (κ3) is 5.43. The van der Waals surface area contributed by atoms with Gasteiger partial charge >= 0.3 is 0 Å². The van der Waals surface area contributed by atoms with E-state index in [1.54, 1.807) is 0 Å². The topological polar surface area (TPSA) is 0 Å². The maximum atomic E-state index is 14.6. The Hall–Kier alpha value is -3.70. The summed E-state index contributed by atoms with van der Waals surface area (Å²) in [5.41, 5.74) is 10.2. The lowest BCUT2D eigenvalue weighted by molar-refractivity contribution is 0.583. The summed E-state index contributed by atoms with van der Waals surface area (Å²) in [5.74, 6) is -1.74. The molecule has 0 bridgehead atoms. The average Bonchev–Trinajstić information content (AvgIpc) is 3.59. The Morgan fingerprint density at radius 1 is 0.578 bits per heavy atom. The Morgan fingerprint density at radius 2 is 0.933 bits per heavy atom. The van der Waals surface area contributed by atoms with Crippen LogP contribution in [-0.4, -0.2) is 8.07 Å². The fraction of sp³-hybridized carbons (Fsp3) is 0.300. The summed E-state index contributed by atoms with van der Waals surface area (Å²) in [4.78, 5) is 0. The largest absolute Gasteiger partial charge is 0.207 e. The first-order valence-corrected chi connectivity index (χ1v) is 19.1. The van der Waals surface area contributed by atoms with Gasteiger partial charge in [-0.3, -0.25) is 0 Å². The van der Waals surface area contributed by atoms with Crippen LogP contribution in [0.5, 0.6) is 0 Å². The number of hydrogen-bond acceptors (Lipinski definition) is 0. The van der Waals surface area contributed by atoms with Crippen LogP contribution >= 0.6 is 0 Å². The zero-order chi connectivity index (χ0) is 32.2. The van der Waals surface area contributed by atoms with Crippen LogP contribution in [0.25, 0.3) is 32.6 Å². The number of allylic oxidation sites excluding steroid dienone is 2. The van der Waals surface area contributed by atoms with E-state index in [2.05, 4.69) is 52.9 Å². The monoisotopic (exact) mass is 624 g/mol. The molecule has 232 valence electrons. The van der Waals surface area contributed by atoms with Crippen molar-refractivity contribution in [1.29, 1.82) is 0 Å². The number of benzene rings is 4. The molecule has 0 radical (unpaired) electrons. The van der Waals surface area contributed by atoms with E-state index in [-0.39, 0.29) is 0 Å². The van der Waals surface area contributed by atoms with E-state index in [9.17, 15) is 17.6 Å². The summed E-state index contributed by atoms with van der Waals surface area (Å²) >= 11 is 0. The predicted molar refractivity (Wildman–Crippen MR) is 181 cm³/mol. The van der Waals surface area contributed by atoms with Crippen molar-refractivity contribution in [2.45, 2.75) is 66.5 Å². The molecule has 0 spiro atoms. The van der Waals surface area contributed by atoms with E-state index in [1.807, 2.05) is 24.3 Å². The molecule has 2 aliphatic rings. The lowest BCUT2D eigenvalue weighted by Gasteiger charge is -2.34. The van der Waals surface area contributed by atoms with E-state index in [0.29, 0.717) is 23.0 Å². The molecule has 2 aliphatic carbocycles. The van der Waals surface area contributed by atoms with Gasteiger partial charge in [0.2, 0.25) is 0 Å². The standard InChI is InChI=1S/C40H40F4Si/c1-7-23(3)35-19-25-11-9-13-33(27-15-29(41)21-30(42)16-27)37(25)39(35)45(5,6)40-36(24(4)8-2)20-26-12-10-14-34(38(26)40)28-17-31(43)22-32(44)18-28/h9-18,21-24H,7-8,19-20H2,1-6H3. The minimum Gasteiger partial charge on any atom is -0.207 e. The first-order chi connectivity index (χ1) is 21.4. The highest BCUT2D eigenvalue weighted by Crippen LogP contribution is 2.55. The Labute approximate surface area is 265 Å². The van der Waals surface area contributed by atoms with Crippen molar-refractivity contribution in [1.82, 2.24) is 0 Å². The molecule has 5 heteroatoms. The molecule has 0 saturated carbocycles. The van der Waals surface area contributed by atoms with Crippen molar-refractivity contribution < 1.29 is 17.6 Å². The molecule has 4 aromatic carbocycles. The fourth-order valence-electron chi connectivity index (χ4n) is 7.78. The van der Waals surface area contributed by atoms with Gasteiger partial charge in [0.15, 0.2) is 0 Å². The second-order valence-corrected chi connectivity index (χ2v) is 17.6. The number of hydrogen-bond donors (Lipinski definition) is 0. The molecule has 2 atom stereocenters. The fourth-order valence-corrected chi connectivity index (χ4v) is 12.1. The van der Waals surface area contributed by atoms with Crippen LogP contribution in [0.15, 0.2) is 83.9 Å². The van der Waals surface area contributed by atoms with Crippen LogP contribution in [-0.2, 0) is 12.8 Å². The maximum absolute atomic E-state index is 14.6. The van der Waals surface area contributed by atoms with Crippen molar-refractivity contribution >= 4 is 18.5 Å². The second kappa shape index (κ2) is 11.9. The Morgan fingerprint density at radius 3 is 1.27 bits per heavy atom. The molecule has 4 aromatic rings. The lowest BCUT2D eigenvalue weighted by Crippen LogP contribution is -2.33. The smallest absolute Gasteiger partial charge is 0.126 e. The zero-order valence-electron chi connectivity index (χ0n) is 26.9. The van der Waals surface area contributed by atoms with E-state index in [0.717, 1.165) is 60.1 Å². The van der Waals surface area contributed by atoms with Gasteiger partial charge in [-0.2, -0.15) is 0 Å². The molecule has 45 heavy (non-hydrogen) atoms. The van der Waals surface area contributed by atoms with Crippen LogP contribution < -0.4 is 0 Å². The quantitative estimate of drug-likeness (QED) is 0.135. The highest BCUT2D eigenvalue weighted by Gasteiger charge is 2.44. The van der Waals surface area contributed by atoms with E-state index in [1.165, 1.54) is 56.9 Å². The van der Waals surface area contributed by atoms with Gasteiger partial charge in [0, 0.05) is 12.1 Å². The summed E-state index contributed by atoms with van der Waals surface area (Å²) < 4.78 is 58.4. The van der Waals surface area contributed by atoms with Crippen molar-refractivity contribution in [2.24, 2.45) is 11.8 Å². The van der Waals surface area contributed by atoms with Crippen molar-refractivity contribution in [2.75, 3.05) is 0 Å². The molecule has 0 heterocycles. The van der Waals surface area contributed by atoms with Crippen LogP contribution in [0.4, 0.5) is 17.6 Å². The predicted octanol–water partition coefficient (Wildman–Crippen LogP) is 11.8. The molecule has 0 N–H and O–H groups in total. The molecular formula is C40H40F4Si. The summed E-state index contributed by atoms with van der Waals surface area (Å²) in [5, 5.41) is 2.66. The molecule has 6 rings (SSSR count). The highest BCUT2D eigenvalue weighted by atomic mass is 28.3. The Bertz CT molecular complexity index is 1700. The number of rotatable bonds is 8. The van der Waals surface area contributed by atoms with Crippen molar-refractivity contribution in [3.63, 3.8) is 0 Å². The molecule has 0 aliphatic heterocycles. The third-order valence-electron chi connectivity index (χ3n) is 10.2. The normalized spacial score (nSPS) is 15.9. The molecule has 0 nitrogen and oxygen atoms in total. The number of fused-ring (bicyclic) bond motifs is 2. The summed E-state index contributed by atoms with van der Waals surface area (Å²) in [7, 11) is -2.62. The zero-order valence-corrected chi connectivity index (χ0v) is 27.9. The van der Waals surface area contributed by atoms with Crippen LogP contribution in [0, 0.1) is 35.1 Å². The molecule has 2 unspecified atom stereocenters. The number of halogens is 4.